The van der Waals surface area contributed by atoms with E-state index in [4.69, 9.17) is 17.3 Å². The summed E-state index contributed by atoms with van der Waals surface area (Å²) in [5.74, 6) is 0. The van der Waals surface area contributed by atoms with Gasteiger partial charge in [-0.1, -0.05) is 17.7 Å². The lowest BCUT2D eigenvalue weighted by Crippen LogP contribution is -1.96. The number of rotatable bonds is 2. The molecular formula is C16H14ClN3. The molecule has 3 rings (SSSR count). The van der Waals surface area contributed by atoms with Crippen LogP contribution in [0.5, 0.6) is 0 Å². The number of fused-ring (bicyclic) bond motifs is 1. The number of hydrogen-bond donors (Lipinski definition) is 2. The third-order valence-electron chi connectivity index (χ3n) is 3.39. The largest absolute Gasteiger partial charge is 0.398 e. The minimum atomic E-state index is 0.724. The van der Waals surface area contributed by atoms with Crippen LogP contribution in [0.1, 0.15) is 5.56 Å². The van der Waals surface area contributed by atoms with E-state index in [1.807, 2.05) is 43.3 Å². The van der Waals surface area contributed by atoms with E-state index in [1.54, 1.807) is 12.4 Å². The maximum atomic E-state index is 6.15. The number of pyridine rings is 1. The molecule has 20 heavy (non-hydrogen) atoms. The van der Waals surface area contributed by atoms with Crippen LogP contribution in [0.2, 0.25) is 5.02 Å². The van der Waals surface area contributed by atoms with Gasteiger partial charge in [0.15, 0.2) is 0 Å². The Labute approximate surface area is 122 Å². The number of nitrogen functional groups attached to an aromatic ring is 1. The first-order valence-corrected chi connectivity index (χ1v) is 6.69. The molecule has 100 valence electrons. The molecule has 1 aromatic heterocycles. The van der Waals surface area contributed by atoms with Crippen molar-refractivity contribution in [2.24, 2.45) is 0 Å². The lowest BCUT2D eigenvalue weighted by Gasteiger charge is -2.13. The zero-order valence-corrected chi connectivity index (χ0v) is 11.8. The standard InChI is InChI=1S/C16H14ClN3/c1-10-13(17)3-2-4-15(10)20-16-6-5-14(18)12-9-19-8-7-11(12)16/h2-9,20H,18H2,1H3. The van der Waals surface area contributed by atoms with Crippen molar-refractivity contribution in [3.63, 3.8) is 0 Å². The van der Waals surface area contributed by atoms with Crippen LogP contribution in [0.15, 0.2) is 48.8 Å². The summed E-state index contributed by atoms with van der Waals surface area (Å²) in [5.41, 5.74) is 9.70. The van der Waals surface area contributed by atoms with Crippen molar-refractivity contribution in [1.29, 1.82) is 0 Å². The number of aromatic nitrogens is 1. The molecule has 2 aromatic carbocycles. The summed E-state index contributed by atoms with van der Waals surface area (Å²) in [7, 11) is 0. The molecule has 0 amide bonds. The smallest absolute Gasteiger partial charge is 0.0466 e. The molecular weight excluding hydrogens is 270 g/mol. The van der Waals surface area contributed by atoms with E-state index in [0.717, 1.165) is 38.4 Å². The van der Waals surface area contributed by atoms with Crippen LogP contribution >= 0.6 is 11.6 Å². The highest BCUT2D eigenvalue weighted by Crippen LogP contribution is 2.32. The van der Waals surface area contributed by atoms with Gasteiger partial charge in [0.1, 0.15) is 0 Å². The van der Waals surface area contributed by atoms with Gasteiger partial charge in [-0.15, -0.1) is 0 Å². The highest BCUT2D eigenvalue weighted by atomic mass is 35.5. The van der Waals surface area contributed by atoms with Crippen molar-refractivity contribution in [2.45, 2.75) is 6.92 Å². The van der Waals surface area contributed by atoms with Crippen molar-refractivity contribution in [1.82, 2.24) is 4.98 Å². The number of nitrogens with two attached hydrogens (primary N) is 1. The van der Waals surface area contributed by atoms with Crippen LogP contribution < -0.4 is 11.1 Å². The van der Waals surface area contributed by atoms with Crippen LogP contribution in [-0.4, -0.2) is 4.98 Å². The van der Waals surface area contributed by atoms with Gasteiger partial charge in [0.2, 0.25) is 0 Å². The van der Waals surface area contributed by atoms with Gasteiger partial charge in [-0.25, -0.2) is 0 Å². The van der Waals surface area contributed by atoms with Crippen molar-refractivity contribution in [3.05, 3.63) is 59.4 Å². The Balaban J connectivity index is 2.12. The molecule has 3 aromatic rings. The topological polar surface area (TPSA) is 50.9 Å². The van der Waals surface area contributed by atoms with Crippen LogP contribution in [0.25, 0.3) is 10.8 Å². The number of hydrogen-bond acceptors (Lipinski definition) is 3. The second kappa shape index (κ2) is 5.02. The Bertz CT molecular complexity index is 784. The van der Waals surface area contributed by atoms with E-state index in [0.29, 0.717) is 0 Å². The number of anilines is 3. The van der Waals surface area contributed by atoms with Crippen LogP contribution in [-0.2, 0) is 0 Å². The molecule has 0 saturated heterocycles. The molecule has 0 aliphatic rings. The molecule has 3 N–H and O–H groups in total. The summed E-state index contributed by atoms with van der Waals surface area (Å²) in [6, 6.07) is 11.6. The van der Waals surface area contributed by atoms with Gasteiger partial charge in [0.05, 0.1) is 0 Å². The molecule has 3 nitrogen and oxygen atoms in total. The minimum absolute atomic E-state index is 0.724. The van der Waals surface area contributed by atoms with Crippen LogP contribution in [0.3, 0.4) is 0 Å². The molecule has 0 spiro atoms. The van der Waals surface area contributed by atoms with Gasteiger partial charge in [-0.05, 0) is 42.8 Å². The molecule has 0 saturated carbocycles. The predicted molar refractivity (Wildman–Crippen MR) is 85.6 cm³/mol. The zero-order valence-electron chi connectivity index (χ0n) is 11.0. The third kappa shape index (κ3) is 2.17. The van der Waals surface area contributed by atoms with Gasteiger partial charge in [-0.2, -0.15) is 0 Å². The maximum Gasteiger partial charge on any atom is 0.0466 e. The lowest BCUT2D eigenvalue weighted by molar-refractivity contribution is 1.36. The molecule has 0 aliphatic heterocycles. The van der Waals surface area contributed by atoms with Crippen molar-refractivity contribution in [3.8, 4) is 0 Å². The molecule has 0 fully saturated rings. The monoisotopic (exact) mass is 283 g/mol. The molecule has 1 heterocycles. The van der Waals surface area contributed by atoms with Gasteiger partial charge in [0, 0.05) is 45.3 Å². The molecule has 0 atom stereocenters. The average Bonchev–Trinajstić information content (AvgIpc) is 2.47. The Kier molecular flexibility index (Phi) is 3.20. The summed E-state index contributed by atoms with van der Waals surface area (Å²) in [6.07, 6.45) is 3.54. The van der Waals surface area contributed by atoms with Crippen molar-refractivity contribution in [2.75, 3.05) is 11.1 Å². The fourth-order valence-electron chi connectivity index (χ4n) is 2.21. The number of nitrogens with one attached hydrogen (secondary N) is 1. The summed E-state index contributed by atoms with van der Waals surface area (Å²) < 4.78 is 0. The Morgan fingerprint density at radius 2 is 1.90 bits per heavy atom. The fourth-order valence-corrected chi connectivity index (χ4v) is 2.38. The molecule has 0 bridgehead atoms. The Hall–Kier alpha value is -2.26. The van der Waals surface area contributed by atoms with E-state index in [9.17, 15) is 0 Å². The zero-order chi connectivity index (χ0) is 14.1. The predicted octanol–water partition coefficient (Wildman–Crippen LogP) is 4.52. The first-order valence-electron chi connectivity index (χ1n) is 6.31. The summed E-state index contributed by atoms with van der Waals surface area (Å²) in [4.78, 5) is 4.12. The highest BCUT2D eigenvalue weighted by molar-refractivity contribution is 6.31. The quantitative estimate of drug-likeness (QED) is 0.680. The van der Waals surface area contributed by atoms with E-state index in [1.165, 1.54) is 0 Å². The first-order chi connectivity index (χ1) is 9.66. The molecule has 0 aliphatic carbocycles. The number of nitrogens with zero attached hydrogens (tertiary/aromatic N) is 1. The number of halogens is 1. The maximum absolute atomic E-state index is 6.15. The average molecular weight is 284 g/mol. The van der Waals surface area contributed by atoms with Crippen LogP contribution in [0.4, 0.5) is 17.1 Å². The van der Waals surface area contributed by atoms with Crippen molar-refractivity contribution >= 4 is 39.4 Å². The minimum Gasteiger partial charge on any atom is -0.398 e. The summed E-state index contributed by atoms with van der Waals surface area (Å²) >= 11 is 6.15. The van der Waals surface area contributed by atoms with E-state index in [2.05, 4.69) is 10.3 Å². The van der Waals surface area contributed by atoms with Crippen LogP contribution in [0, 0.1) is 6.92 Å². The fraction of sp³-hybridized carbons (Fsp3) is 0.0625. The van der Waals surface area contributed by atoms with Crippen molar-refractivity contribution < 1.29 is 0 Å². The van der Waals surface area contributed by atoms with Gasteiger partial charge >= 0.3 is 0 Å². The van der Waals surface area contributed by atoms with E-state index in [-0.39, 0.29) is 0 Å². The normalized spacial score (nSPS) is 10.7. The van der Waals surface area contributed by atoms with E-state index < -0.39 is 0 Å². The first kappa shape index (κ1) is 12.8. The molecule has 4 heteroatoms. The summed E-state index contributed by atoms with van der Waals surface area (Å²) in [6.45, 7) is 1.99. The second-order valence-corrected chi connectivity index (χ2v) is 5.07. The van der Waals surface area contributed by atoms with Gasteiger partial charge in [-0.3, -0.25) is 4.98 Å². The molecule has 0 unspecified atom stereocenters. The molecule has 0 radical (unpaired) electrons. The lowest BCUT2D eigenvalue weighted by atomic mass is 10.1. The Morgan fingerprint density at radius 1 is 1.05 bits per heavy atom. The van der Waals surface area contributed by atoms with E-state index >= 15 is 0 Å². The SMILES string of the molecule is Cc1c(Cl)cccc1Nc1ccc(N)c2cnccc12. The van der Waals surface area contributed by atoms with Gasteiger partial charge in [0.25, 0.3) is 0 Å². The second-order valence-electron chi connectivity index (χ2n) is 4.66. The van der Waals surface area contributed by atoms with Gasteiger partial charge < -0.3 is 11.1 Å². The number of benzene rings is 2. The Morgan fingerprint density at radius 3 is 2.75 bits per heavy atom. The highest BCUT2D eigenvalue weighted by Gasteiger charge is 2.07. The summed E-state index contributed by atoms with van der Waals surface area (Å²) in [5, 5.41) is 6.15. The third-order valence-corrected chi connectivity index (χ3v) is 3.80.